The van der Waals surface area contributed by atoms with Gasteiger partial charge >= 0.3 is 5.97 Å². The van der Waals surface area contributed by atoms with Crippen molar-refractivity contribution in [1.29, 1.82) is 0 Å². The molecular weight excluding hydrogens is 474 g/mol. The van der Waals surface area contributed by atoms with Crippen molar-refractivity contribution in [3.8, 4) is 17.2 Å². The molecule has 0 radical (unpaired) electrons. The molecule has 7 heteroatoms. The van der Waals surface area contributed by atoms with Gasteiger partial charge in [-0.15, -0.1) is 0 Å². The Morgan fingerprint density at radius 3 is 2.53 bits per heavy atom. The summed E-state index contributed by atoms with van der Waals surface area (Å²) >= 11 is 3.61. The van der Waals surface area contributed by atoms with Gasteiger partial charge in [0.2, 0.25) is 0 Å². The van der Waals surface area contributed by atoms with E-state index >= 15 is 0 Å². The van der Waals surface area contributed by atoms with E-state index in [1.54, 1.807) is 19.2 Å². The Bertz CT molecular complexity index is 1100. The van der Waals surface area contributed by atoms with Gasteiger partial charge in [0.1, 0.15) is 12.4 Å². The molecule has 0 saturated heterocycles. The van der Waals surface area contributed by atoms with Gasteiger partial charge in [-0.3, -0.25) is 0 Å². The normalized spacial score (nSPS) is 10.5. The zero-order valence-electron chi connectivity index (χ0n) is 18.3. The molecule has 3 aromatic rings. The van der Waals surface area contributed by atoms with Crippen molar-refractivity contribution in [2.45, 2.75) is 27.0 Å². The first-order valence-corrected chi connectivity index (χ1v) is 11.0. The van der Waals surface area contributed by atoms with Gasteiger partial charge in [0.05, 0.1) is 29.4 Å². The summed E-state index contributed by atoms with van der Waals surface area (Å²) in [6, 6.07) is 16.7. The number of hydrogen-bond acceptors (Lipinski definition) is 5. The van der Waals surface area contributed by atoms with Crippen LogP contribution in [-0.2, 0) is 13.2 Å². The summed E-state index contributed by atoms with van der Waals surface area (Å²) in [5, 5.41) is 12.5. The van der Waals surface area contributed by atoms with Crippen molar-refractivity contribution >= 4 is 27.6 Å². The van der Waals surface area contributed by atoms with E-state index in [-0.39, 0.29) is 5.56 Å². The van der Waals surface area contributed by atoms with Crippen molar-refractivity contribution in [2.75, 3.05) is 19.0 Å². The van der Waals surface area contributed by atoms with Gasteiger partial charge in [-0.05, 0) is 76.8 Å². The van der Waals surface area contributed by atoms with E-state index in [1.165, 1.54) is 11.6 Å². The number of methoxy groups -OCH3 is 1. The summed E-state index contributed by atoms with van der Waals surface area (Å²) in [6.07, 6.45) is 0. The molecular formula is C25H26BrNO5. The molecule has 0 unspecified atom stereocenters. The third-order valence-electron chi connectivity index (χ3n) is 4.93. The standard InChI is InChI=1S/C25H26BrNO5/c1-4-31-23-12-17(14-27-21-13-18(25(28)29)9-10-22(21)30-3)11-20(26)24(23)32-15-19-8-6-5-7-16(19)2/h5-13,27H,4,14-15H2,1-3H3,(H,28,29). The average Bonchev–Trinajstić information content (AvgIpc) is 2.78. The molecule has 0 aliphatic rings. The number of rotatable bonds is 10. The molecule has 6 nitrogen and oxygen atoms in total. The summed E-state index contributed by atoms with van der Waals surface area (Å²) < 4.78 is 18.1. The summed E-state index contributed by atoms with van der Waals surface area (Å²) in [5.74, 6) is 0.854. The second-order valence-corrected chi connectivity index (χ2v) is 7.98. The molecule has 0 amide bonds. The highest BCUT2D eigenvalue weighted by atomic mass is 79.9. The van der Waals surface area contributed by atoms with Crippen LogP contribution in [0.15, 0.2) is 59.1 Å². The molecule has 0 aromatic heterocycles. The number of hydrogen-bond donors (Lipinski definition) is 2. The van der Waals surface area contributed by atoms with E-state index in [9.17, 15) is 9.90 Å². The molecule has 32 heavy (non-hydrogen) atoms. The minimum atomic E-state index is -0.993. The van der Waals surface area contributed by atoms with Gasteiger partial charge in [0.25, 0.3) is 0 Å². The van der Waals surface area contributed by atoms with Crippen LogP contribution in [-0.4, -0.2) is 24.8 Å². The molecule has 0 aliphatic carbocycles. The van der Waals surface area contributed by atoms with Crippen molar-refractivity contribution < 1.29 is 24.1 Å². The van der Waals surface area contributed by atoms with Gasteiger partial charge in [-0.1, -0.05) is 24.3 Å². The van der Waals surface area contributed by atoms with E-state index in [0.29, 0.717) is 42.7 Å². The average molecular weight is 500 g/mol. The van der Waals surface area contributed by atoms with Crippen LogP contribution in [0.4, 0.5) is 5.69 Å². The number of carbonyl (C=O) groups is 1. The van der Waals surface area contributed by atoms with Gasteiger partial charge < -0.3 is 24.6 Å². The zero-order chi connectivity index (χ0) is 23.1. The van der Waals surface area contributed by atoms with Crippen LogP contribution >= 0.6 is 15.9 Å². The van der Waals surface area contributed by atoms with Crippen molar-refractivity contribution in [3.63, 3.8) is 0 Å². The minimum Gasteiger partial charge on any atom is -0.495 e. The number of anilines is 1. The van der Waals surface area contributed by atoms with Gasteiger partial charge in [-0.25, -0.2) is 4.79 Å². The molecule has 0 saturated carbocycles. The molecule has 0 fully saturated rings. The summed E-state index contributed by atoms with van der Waals surface area (Å²) in [4.78, 5) is 11.3. The maximum atomic E-state index is 11.3. The highest BCUT2D eigenvalue weighted by Crippen LogP contribution is 2.38. The number of ether oxygens (including phenoxy) is 3. The fourth-order valence-electron chi connectivity index (χ4n) is 3.22. The predicted octanol–water partition coefficient (Wildman–Crippen LogP) is 6.05. The summed E-state index contributed by atoms with van der Waals surface area (Å²) in [6.45, 7) is 5.35. The van der Waals surface area contributed by atoms with E-state index in [4.69, 9.17) is 14.2 Å². The van der Waals surface area contributed by atoms with Crippen LogP contribution in [0.5, 0.6) is 17.2 Å². The molecule has 3 rings (SSSR count). The molecule has 0 atom stereocenters. The highest BCUT2D eigenvalue weighted by molar-refractivity contribution is 9.10. The fourth-order valence-corrected chi connectivity index (χ4v) is 3.83. The van der Waals surface area contributed by atoms with Crippen LogP contribution in [0, 0.1) is 6.92 Å². The predicted molar refractivity (Wildman–Crippen MR) is 128 cm³/mol. The Labute approximate surface area is 196 Å². The van der Waals surface area contributed by atoms with E-state index < -0.39 is 5.97 Å². The Morgan fingerprint density at radius 2 is 1.84 bits per heavy atom. The van der Waals surface area contributed by atoms with Crippen LogP contribution in [0.3, 0.4) is 0 Å². The van der Waals surface area contributed by atoms with Gasteiger partial charge in [-0.2, -0.15) is 0 Å². The molecule has 3 aromatic carbocycles. The summed E-state index contributed by atoms with van der Waals surface area (Å²) in [5.41, 5.74) is 4.00. The lowest BCUT2D eigenvalue weighted by atomic mass is 10.1. The number of halogens is 1. The number of carboxylic acid groups (broad SMARTS) is 1. The Balaban J connectivity index is 1.81. The first kappa shape index (κ1) is 23.5. The third-order valence-corrected chi connectivity index (χ3v) is 5.52. The number of carboxylic acids is 1. The SMILES string of the molecule is CCOc1cc(CNc2cc(C(=O)O)ccc2OC)cc(Br)c1OCc1ccccc1C. The Hall–Kier alpha value is -3.19. The Kier molecular flexibility index (Phi) is 8.00. The van der Waals surface area contributed by atoms with Crippen molar-refractivity contribution in [1.82, 2.24) is 0 Å². The first-order chi connectivity index (χ1) is 15.4. The van der Waals surface area contributed by atoms with Gasteiger partial charge in [0.15, 0.2) is 11.5 Å². The maximum Gasteiger partial charge on any atom is 0.335 e. The minimum absolute atomic E-state index is 0.185. The number of benzene rings is 3. The lowest BCUT2D eigenvalue weighted by molar-refractivity contribution is 0.0697. The molecule has 0 spiro atoms. The summed E-state index contributed by atoms with van der Waals surface area (Å²) in [7, 11) is 1.55. The zero-order valence-corrected chi connectivity index (χ0v) is 19.9. The second-order valence-electron chi connectivity index (χ2n) is 7.13. The topological polar surface area (TPSA) is 77.0 Å². The lowest BCUT2D eigenvalue weighted by Gasteiger charge is -2.17. The van der Waals surface area contributed by atoms with Crippen molar-refractivity contribution in [2.24, 2.45) is 0 Å². The molecule has 2 N–H and O–H groups in total. The number of aromatic carboxylic acids is 1. The molecule has 0 aliphatic heterocycles. The van der Waals surface area contributed by atoms with Crippen molar-refractivity contribution in [3.05, 3.63) is 81.3 Å². The highest BCUT2D eigenvalue weighted by Gasteiger charge is 2.14. The van der Waals surface area contributed by atoms with Gasteiger partial charge in [0, 0.05) is 6.54 Å². The Morgan fingerprint density at radius 1 is 1.06 bits per heavy atom. The first-order valence-electron chi connectivity index (χ1n) is 10.2. The fraction of sp³-hybridized carbons (Fsp3) is 0.240. The van der Waals surface area contributed by atoms with E-state index in [2.05, 4.69) is 34.2 Å². The molecule has 0 bridgehead atoms. The third kappa shape index (κ3) is 5.73. The number of nitrogens with one attached hydrogen (secondary N) is 1. The molecule has 168 valence electrons. The van der Waals surface area contributed by atoms with Crippen LogP contribution in [0.25, 0.3) is 0 Å². The van der Waals surface area contributed by atoms with E-state index in [1.807, 2.05) is 37.3 Å². The second kappa shape index (κ2) is 10.9. The quantitative estimate of drug-likeness (QED) is 0.353. The van der Waals surface area contributed by atoms with Crippen LogP contribution < -0.4 is 19.5 Å². The monoisotopic (exact) mass is 499 g/mol. The largest absolute Gasteiger partial charge is 0.495 e. The van der Waals surface area contributed by atoms with Crippen LogP contribution in [0.2, 0.25) is 0 Å². The smallest absolute Gasteiger partial charge is 0.335 e. The lowest BCUT2D eigenvalue weighted by Crippen LogP contribution is -2.06. The van der Waals surface area contributed by atoms with Crippen LogP contribution in [0.1, 0.15) is 34.0 Å². The van der Waals surface area contributed by atoms with E-state index in [0.717, 1.165) is 15.6 Å². The maximum absolute atomic E-state index is 11.3. The molecule has 0 heterocycles. The number of aryl methyl sites for hydroxylation is 1.